The number of carboxylic acids is 2. The van der Waals surface area contributed by atoms with Crippen molar-refractivity contribution in [2.45, 2.75) is 24.5 Å². The molecular formula is C13H16O5S. The Morgan fingerprint density at radius 1 is 1.32 bits per heavy atom. The largest absolute Gasteiger partial charge is 0.494 e. The van der Waals surface area contributed by atoms with Crippen LogP contribution in [0.1, 0.15) is 18.4 Å². The van der Waals surface area contributed by atoms with Gasteiger partial charge in [-0.1, -0.05) is 12.1 Å². The third-order valence-electron chi connectivity index (χ3n) is 2.43. The average molecular weight is 284 g/mol. The Hall–Kier alpha value is -1.69. The minimum Gasteiger partial charge on any atom is -0.494 e. The highest BCUT2D eigenvalue weighted by Gasteiger charge is 2.11. The zero-order valence-electron chi connectivity index (χ0n) is 10.3. The molecule has 1 aromatic rings. The maximum atomic E-state index is 10.6. The predicted molar refractivity (Wildman–Crippen MR) is 72.9 cm³/mol. The maximum absolute atomic E-state index is 10.6. The van der Waals surface area contributed by atoms with E-state index in [1.54, 1.807) is 24.3 Å². The molecule has 104 valence electrons. The van der Waals surface area contributed by atoms with Gasteiger partial charge in [0.05, 0.1) is 18.3 Å². The van der Waals surface area contributed by atoms with Gasteiger partial charge in [-0.15, -0.1) is 0 Å². The quantitative estimate of drug-likeness (QED) is 0.501. The van der Waals surface area contributed by atoms with Crippen LogP contribution in [0.3, 0.4) is 0 Å². The van der Waals surface area contributed by atoms with Gasteiger partial charge in [0, 0.05) is 0 Å². The number of carbonyl (C=O) groups is 2. The lowest BCUT2D eigenvalue weighted by Crippen LogP contribution is -2.14. The average Bonchev–Trinajstić information content (AvgIpc) is 2.34. The monoisotopic (exact) mass is 284 g/mol. The first-order chi connectivity index (χ1) is 8.99. The van der Waals surface area contributed by atoms with E-state index < -0.39 is 17.2 Å². The second-order valence-corrected chi connectivity index (χ2v) is 4.69. The molecule has 0 saturated heterocycles. The van der Waals surface area contributed by atoms with E-state index in [4.69, 9.17) is 14.9 Å². The van der Waals surface area contributed by atoms with E-state index in [0.717, 1.165) is 0 Å². The lowest BCUT2D eigenvalue weighted by Gasteiger charge is -2.08. The molecule has 0 aliphatic heterocycles. The topological polar surface area (TPSA) is 83.8 Å². The van der Waals surface area contributed by atoms with Crippen molar-refractivity contribution in [3.05, 3.63) is 29.8 Å². The van der Waals surface area contributed by atoms with Gasteiger partial charge in [0.1, 0.15) is 5.75 Å². The molecule has 0 bridgehead atoms. The van der Waals surface area contributed by atoms with Gasteiger partial charge in [-0.2, -0.15) is 12.6 Å². The lowest BCUT2D eigenvalue weighted by molar-refractivity contribution is -0.137. The van der Waals surface area contributed by atoms with Crippen LogP contribution in [-0.2, 0) is 16.0 Å². The molecule has 0 aliphatic rings. The molecule has 1 unspecified atom stereocenters. The van der Waals surface area contributed by atoms with Crippen molar-refractivity contribution in [2.24, 2.45) is 0 Å². The first-order valence-electron chi connectivity index (χ1n) is 5.83. The molecule has 0 heterocycles. The maximum Gasteiger partial charge on any atom is 0.316 e. The van der Waals surface area contributed by atoms with Crippen LogP contribution < -0.4 is 4.74 Å². The van der Waals surface area contributed by atoms with Crippen molar-refractivity contribution < 1.29 is 24.5 Å². The van der Waals surface area contributed by atoms with Gasteiger partial charge in [-0.3, -0.25) is 9.59 Å². The molecule has 2 N–H and O–H groups in total. The third kappa shape index (κ3) is 6.15. The molecule has 0 aromatic heterocycles. The second kappa shape index (κ2) is 7.68. The van der Waals surface area contributed by atoms with Gasteiger partial charge in [-0.25, -0.2) is 0 Å². The number of hydrogen-bond acceptors (Lipinski definition) is 4. The van der Waals surface area contributed by atoms with E-state index in [-0.39, 0.29) is 6.42 Å². The fraction of sp³-hybridized carbons (Fsp3) is 0.385. The second-order valence-electron chi connectivity index (χ2n) is 4.06. The number of aliphatic carboxylic acids is 2. The molecule has 0 saturated carbocycles. The smallest absolute Gasteiger partial charge is 0.316 e. The first kappa shape index (κ1) is 15.4. The van der Waals surface area contributed by atoms with Gasteiger partial charge >= 0.3 is 11.9 Å². The van der Waals surface area contributed by atoms with E-state index in [0.29, 0.717) is 30.8 Å². The molecule has 0 amide bonds. The molecule has 0 fully saturated rings. The Kier molecular flexibility index (Phi) is 6.21. The van der Waals surface area contributed by atoms with Crippen LogP contribution in [-0.4, -0.2) is 34.0 Å². The van der Waals surface area contributed by atoms with Gasteiger partial charge in [0.25, 0.3) is 0 Å². The zero-order chi connectivity index (χ0) is 14.3. The van der Waals surface area contributed by atoms with E-state index in [9.17, 15) is 9.59 Å². The van der Waals surface area contributed by atoms with Crippen LogP contribution in [0.15, 0.2) is 24.3 Å². The Morgan fingerprint density at radius 3 is 2.68 bits per heavy atom. The molecule has 6 heteroatoms. The summed E-state index contributed by atoms with van der Waals surface area (Å²) in [6, 6.07) is 6.85. The third-order valence-corrected chi connectivity index (χ3v) is 2.91. The van der Waals surface area contributed by atoms with Crippen molar-refractivity contribution >= 4 is 24.6 Å². The van der Waals surface area contributed by atoms with Crippen LogP contribution >= 0.6 is 12.6 Å². The van der Waals surface area contributed by atoms with Crippen LogP contribution in [0.25, 0.3) is 0 Å². The van der Waals surface area contributed by atoms with Gasteiger partial charge in [-0.05, 0) is 30.5 Å². The molecule has 1 atom stereocenters. The van der Waals surface area contributed by atoms with Gasteiger partial charge < -0.3 is 14.9 Å². The Morgan fingerprint density at radius 2 is 2.05 bits per heavy atom. The van der Waals surface area contributed by atoms with E-state index in [2.05, 4.69) is 12.6 Å². The van der Waals surface area contributed by atoms with Crippen molar-refractivity contribution in [3.63, 3.8) is 0 Å². The summed E-state index contributed by atoms with van der Waals surface area (Å²) in [5, 5.41) is 16.6. The van der Waals surface area contributed by atoms with Crippen molar-refractivity contribution in [1.29, 1.82) is 0 Å². The van der Waals surface area contributed by atoms with Crippen molar-refractivity contribution in [1.82, 2.24) is 0 Å². The number of hydrogen-bond donors (Lipinski definition) is 3. The number of rotatable bonds is 8. The summed E-state index contributed by atoms with van der Waals surface area (Å²) in [7, 11) is 0. The van der Waals surface area contributed by atoms with E-state index >= 15 is 0 Å². The highest BCUT2D eigenvalue weighted by Crippen LogP contribution is 2.15. The van der Waals surface area contributed by atoms with Crippen LogP contribution in [0.4, 0.5) is 0 Å². The summed E-state index contributed by atoms with van der Waals surface area (Å²) in [6.07, 6.45) is 0.950. The highest BCUT2D eigenvalue weighted by molar-refractivity contribution is 7.81. The molecule has 1 aromatic carbocycles. The number of carboxylic acid groups (broad SMARTS) is 2. The molecular weight excluding hydrogens is 268 g/mol. The van der Waals surface area contributed by atoms with Crippen molar-refractivity contribution in [3.8, 4) is 5.75 Å². The van der Waals surface area contributed by atoms with E-state index in [1.807, 2.05) is 0 Å². The summed E-state index contributed by atoms with van der Waals surface area (Å²) >= 11 is 3.92. The predicted octanol–water partition coefficient (Wildman–Crippen LogP) is 1.86. The molecule has 0 radical (unpaired) electrons. The molecule has 0 spiro atoms. The Bertz CT molecular complexity index is 446. The molecule has 5 nitrogen and oxygen atoms in total. The number of thiol groups is 1. The fourth-order valence-corrected chi connectivity index (χ4v) is 1.69. The first-order valence-corrected chi connectivity index (χ1v) is 6.35. The standard InChI is InChI=1S/C13H16O5S/c14-12(15)8-9-3-1-4-10(7-9)18-6-2-5-11(19)13(16)17/h1,3-4,7,11,19H,2,5-6,8H2,(H,14,15)(H,16,17). The normalized spacial score (nSPS) is 11.8. The summed E-state index contributed by atoms with van der Waals surface area (Å²) in [6.45, 7) is 0.376. The molecule has 1 rings (SSSR count). The molecule has 0 aliphatic carbocycles. The van der Waals surface area contributed by atoms with Gasteiger partial charge in [0.2, 0.25) is 0 Å². The van der Waals surface area contributed by atoms with Crippen LogP contribution in [0.5, 0.6) is 5.75 Å². The number of ether oxygens (including phenoxy) is 1. The fourth-order valence-electron chi connectivity index (χ4n) is 1.51. The van der Waals surface area contributed by atoms with Gasteiger partial charge in [0.15, 0.2) is 0 Å². The SMILES string of the molecule is O=C(O)Cc1cccc(OCCCC(S)C(=O)O)c1. The highest BCUT2D eigenvalue weighted by atomic mass is 32.1. The summed E-state index contributed by atoms with van der Waals surface area (Å²) in [5.41, 5.74) is 0.669. The number of benzene rings is 1. The van der Waals surface area contributed by atoms with Crippen molar-refractivity contribution in [2.75, 3.05) is 6.61 Å². The Balaban J connectivity index is 2.37. The summed E-state index contributed by atoms with van der Waals surface area (Å²) in [4.78, 5) is 21.1. The zero-order valence-corrected chi connectivity index (χ0v) is 11.2. The Labute approximate surface area is 116 Å². The minimum atomic E-state index is -0.938. The summed E-state index contributed by atoms with van der Waals surface area (Å²) < 4.78 is 5.44. The van der Waals surface area contributed by atoms with E-state index in [1.165, 1.54) is 0 Å². The lowest BCUT2D eigenvalue weighted by atomic mass is 10.1. The summed E-state index contributed by atoms with van der Waals surface area (Å²) in [5.74, 6) is -1.24. The molecule has 19 heavy (non-hydrogen) atoms. The van der Waals surface area contributed by atoms with Crippen LogP contribution in [0.2, 0.25) is 0 Å². The minimum absolute atomic E-state index is 0.0467. The van der Waals surface area contributed by atoms with Crippen LogP contribution in [0, 0.1) is 0 Å².